The van der Waals surface area contributed by atoms with Gasteiger partial charge in [-0.2, -0.15) is 5.10 Å². The lowest BCUT2D eigenvalue weighted by molar-refractivity contribution is -0.139. The molecule has 0 saturated carbocycles. The second-order valence-corrected chi connectivity index (χ2v) is 11.0. The number of nitrogens with zero attached hydrogens (tertiary/aromatic N) is 4. The van der Waals surface area contributed by atoms with Gasteiger partial charge in [-0.1, -0.05) is 6.92 Å². The number of hydrogen-bond donors (Lipinski definition) is 0. The summed E-state index contributed by atoms with van der Waals surface area (Å²) in [6.07, 6.45) is 5.90. The highest BCUT2D eigenvalue weighted by atomic mass is 32.2. The summed E-state index contributed by atoms with van der Waals surface area (Å²) in [6.45, 7) is 7.17. The summed E-state index contributed by atoms with van der Waals surface area (Å²) in [5, 5.41) is 4.52. The number of aromatic nitrogens is 2. The number of aryl methyl sites for hydroxylation is 2. The van der Waals surface area contributed by atoms with E-state index in [1.165, 1.54) is 10.6 Å². The van der Waals surface area contributed by atoms with E-state index < -0.39 is 10.0 Å². The fraction of sp³-hybridized carbons (Fsp3) is 0.810. The van der Waals surface area contributed by atoms with Gasteiger partial charge in [0.15, 0.2) is 0 Å². The number of ether oxygens (including phenoxy) is 1. The Morgan fingerprint density at radius 3 is 2.70 bits per heavy atom. The first kappa shape index (κ1) is 23.2. The van der Waals surface area contributed by atoms with Crippen LogP contribution in [-0.2, 0) is 32.6 Å². The molecule has 30 heavy (non-hydrogen) atoms. The largest absolute Gasteiger partial charge is 0.375 e. The third-order valence-electron chi connectivity index (χ3n) is 6.41. The van der Waals surface area contributed by atoms with E-state index in [0.717, 1.165) is 37.2 Å². The van der Waals surface area contributed by atoms with Crippen molar-refractivity contribution < 1.29 is 17.9 Å². The van der Waals surface area contributed by atoms with Gasteiger partial charge in [0.1, 0.15) is 0 Å². The van der Waals surface area contributed by atoms with E-state index in [1.807, 2.05) is 18.7 Å². The number of carbonyl (C=O) groups excluding carboxylic acids is 1. The van der Waals surface area contributed by atoms with E-state index in [0.29, 0.717) is 45.5 Å². The first-order valence-electron chi connectivity index (χ1n) is 11.0. The molecule has 2 aliphatic heterocycles. The Bertz CT molecular complexity index is 843. The normalized spacial score (nSPS) is 22.3. The molecule has 1 spiro atoms. The molecule has 8 nitrogen and oxygen atoms in total. The molecule has 2 aliphatic rings. The van der Waals surface area contributed by atoms with Crippen molar-refractivity contribution in [2.45, 2.75) is 71.1 Å². The third kappa shape index (κ3) is 5.62. The summed E-state index contributed by atoms with van der Waals surface area (Å²) in [5.41, 5.74) is 1.77. The van der Waals surface area contributed by atoms with Crippen LogP contribution in [0.3, 0.4) is 0 Å². The lowest BCUT2D eigenvalue weighted by atomic mass is 9.78. The Morgan fingerprint density at radius 1 is 1.37 bits per heavy atom. The molecule has 3 heterocycles. The molecule has 0 aromatic carbocycles. The van der Waals surface area contributed by atoms with E-state index in [2.05, 4.69) is 18.1 Å². The van der Waals surface area contributed by atoms with E-state index in [4.69, 9.17) is 4.74 Å². The topological polar surface area (TPSA) is 84.7 Å². The molecule has 1 unspecified atom stereocenters. The molecule has 0 aliphatic carbocycles. The maximum atomic E-state index is 12.9. The highest BCUT2D eigenvalue weighted by Crippen LogP contribution is 2.39. The van der Waals surface area contributed by atoms with Gasteiger partial charge in [0.05, 0.1) is 29.8 Å². The van der Waals surface area contributed by atoms with Gasteiger partial charge >= 0.3 is 0 Å². The Labute approximate surface area is 180 Å². The van der Waals surface area contributed by atoms with Crippen molar-refractivity contribution in [3.05, 3.63) is 17.5 Å². The molecule has 0 radical (unpaired) electrons. The summed E-state index contributed by atoms with van der Waals surface area (Å²) < 4.78 is 33.2. The quantitative estimate of drug-likeness (QED) is 0.649. The van der Waals surface area contributed by atoms with Gasteiger partial charge in [-0.15, -0.1) is 0 Å². The van der Waals surface area contributed by atoms with E-state index in [1.54, 1.807) is 4.90 Å². The molecule has 1 atom stereocenters. The first-order valence-corrected chi connectivity index (χ1v) is 12.8. The molecule has 1 aromatic rings. The maximum absolute atomic E-state index is 12.9. The highest BCUT2D eigenvalue weighted by Gasteiger charge is 2.42. The lowest BCUT2D eigenvalue weighted by Crippen LogP contribution is -2.50. The summed E-state index contributed by atoms with van der Waals surface area (Å²) >= 11 is 0. The van der Waals surface area contributed by atoms with Crippen LogP contribution in [0.1, 0.15) is 56.8 Å². The molecule has 2 fully saturated rings. The number of rotatable bonds is 7. The molecular weight excluding hydrogens is 404 g/mol. The lowest BCUT2D eigenvalue weighted by Gasteiger charge is -2.45. The van der Waals surface area contributed by atoms with Crippen molar-refractivity contribution in [1.82, 2.24) is 19.0 Å². The van der Waals surface area contributed by atoms with Crippen LogP contribution in [0.4, 0.5) is 0 Å². The minimum absolute atomic E-state index is 0.146. The zero-order chi connectivity index (χ0) is 21.9. The van der Waals surface area contributed by atoms with E-state index in [9.17, 15) is 13.2 Å². The Morgan fingerprint density at radius 2 is 2.07 bits per heavy atom. The van der Waals surface area contributed by atoms with Gasteiger partial charge in [0.25, 0.3) is 0 Å². The van der Waals surface area contributed by atoms with Crippen molar-refractivity contribution in [3.8, 4) is 0 Å². The predicted molar refractivity (Wildman–Crippen MR) is 115 cm³/mol. The zero-order valence-electron chi connectivity index (χ0n) is 18.8. The number of amides is 1. The average Bonchev–Trinajstić information content (AvgIpc) is 3.00. The van der Waals surface area contributed by atoms with Gasteiger partial charge in [0, 0.05) is 39.7 Å². The fourth-order valence-electron chi connectivity index (χ4n) is 4.74. The smallest absolute Gasteiger partial charge is 0.222 e. The summed E-state index contributed by atoms with van der Waals surface area (Å²) in [4.78, 5) is 14.7. The van der Waals surface area contributed by atoms with E-state index in [-0.39, 0.29) is 17.4 Å². The summed E-state index contributed by atoms with van der Waals surface area (Å²) in [7, 11) is -1.29. The van der Waals surface area contributed by atoms with Crippen LogP contribution in [0.2, 0.25) is 0 Å². The van der Waals surface area contributed by atoms with Crippen LogP contribution in [-0.4, -0.2) is 71.9 Å². The van der Waals surface area contributed by atoms with Crippen molar-refractivity contribution in [2.24, 2.45) is 5.92 Å². The SMILES string of the molecule is CCCn1nc(C)cc1CN(C)C(=O)CC1CCOC2(CCN(S(C)(=O)=O)CC2)C1. The van der Waals surface area contributed by atoms with Gasteiger partial charge in [-0.3, -0.25) is 9.48 Å². The molecular formula is C21H36N4O4S. The predicted octanol–water partition coefficient (Wildman–Crippen LogP) is 2.17. The van der Waals surface area contributed by atoms with Gasteiger partial charge in [-0.05, 0) is 51.0 Å². The van der Waals surface area contributed by atoms with Gasteiger partial charge in [-0.25, -0.2) is 12.7 Å². The summed E-state index contributed by atoms with van der Waals surface area (Å²) in [6, 6.07) is 2.05. The molecule has 0 bridgehead atoms. The highest BCUT2D eigenvalue weighted by molar-refractivity contribution is 7.88. The van der Waals surface area contributed by atoms with Crippen molar-refractivity contribution >= 4 is 15.9 Å². The maximum Gasteiger partial charge on any atom is 0.222 e. The van der Waals surface area contributed by atoms with Crippen LogP contribution in [0, 0.1) is 12.8 Å². The number of carbonyl (C=O) groups is 1. The Kier molecular flexibility index (Phi) is 7.24. The number of piperidine rings is 1. The Hall–Kier alpha value is -1.45. The molecule has 1 aromatic heterocycles. The van der Waals surface area contributed by atoms with Gasteiger partial charge in [0.2, 0.25) is 15.9 Å². The van der Waals surface area contributed by atoms with Crippen molar-refractivity contribution in [2.75, 3.05) is 33.0 Å². The molecule has 9 heteroatoms. The molecule has 170 valence electrons. The average molecular weight is 441 g/mol. The third-order valence-corrected chi connectivity index (χ3v) is 7.71. The van der Waals surface area contributed by atoms with Crippen LogP contribution in [0.25, 0.3) is 0 Å². The molecule has 1 amide bonds. The van der Waals surface area contributed by atoms with Crippen LogP contribution in [0.15, 0.2) is 6.07 Å². The molecule has 3 rings (SSSR count). The van der Waals surface area contributed by atoms with Gasteiger partial charge < -0.3 is 9.64 Å². The van der Waals surface area contributed by atoms with Crippen LogP contribution < -0.4 is 0 Å². The number of hydrogen-bond acceptors (Lipinski definition) is 5. The van der Waals surface area contributed by atoms with Crippen molar-refractivity contribution in [1.29, 1.82) is 0 Å². The first-order chi connectivity index (χ1) is 14.1. The molecule has 2 saturated heterocycles. The Balaban J connectivity index is 1.55. The van der Waals surface area contributed by atoms with Crippen LogP contribution >= 0.6 is 0 Å². The minimum atomic E-state index is -3.15. The second kappa shape index (κ2) is 9.36. The monoisotopic (exact) mass is 440 g/mol. The number of sulfonamides is 1. The summed E-state index contributed by atoms with van der Waals surface area (Å²) in [5.74, 6) is 0.424. The zero-order valence-corrected chi connectivity index (χ0v) is 19.6. The standard InChI is InChI=1S/C21H36N4O4S/c1-5-9-25-19(13-17(2)22-25)16-23(3)20(26)14-18-6-12-29-21(15-18)7-10-24(11-8-21)30(4,27)28/h13,18H,5-12,14-16H2,1-4H3. The van der Waals surface area contributed by atoms with Crippen LogP contribution in [0.5, 0.6) is 0 Å². The second-order valence-electron chi connectivity index (χ2n) is 9.01. The fourth-order valence-corrected chi connectivity index (χ4v) is 5.59. The van der Waals surface area contributed by atoms with Crippen molar-refractivity contribution in [3.63, 3.8) is 0 Å². The minimum Gasteiger partial charge on any atom is -0.375 e. The van der Waals surface area contributed by atoms with E-state index >= 15 is 0 Å². The molecule has 0 N–H and O–H groups in total.